The molecule has 0 saturated heterocycles. The van der Waals surface area contributed by atoms with Gasteiger partial charge in [0.15, 0.2) is 5.69 Å². The molecule has 8 heteroatoms. The van der Waals surface area contributed by atoms with Gasteiger partial charge in [-0.1, -0.05) is 0 Å². The van der Waals surface area contributed by atoms with Gasteiger partial charge in [0.25, 0.3) is 0 Å². The monoisotopic (exact) mass is 310 g/mol. The van der Waals surface area contributed by atoms with Crippen LogP contribution in [-0.4, -0.2) is 15.0 Å². The molecule has 0 radical (unpaired) electrons. The van der Waals surface area contributed by atoms with Crippen molar-refractivity contribution in [2.45, 2.75) is 12.7 Å². The van der Waals surface area contributed by atoms with Crippen molar-refractivity contribution in [3.63, 3.8) is 0 Å². The number of halogens is 3. The van der Waals surface area contributed by atoms with Gasteiger partial charge in [-0.05, 0) is 18.2 Å². The minimum absolute atomic E-state index is 0.0248. The van der Waals surface area contributed by atoms with E-state index in [-0.39, 0.29) is 16.4 Å². The molecule has 0 unspecified atom stereocenters. The molecule has 4 nitrogen and oxygen atoms in total. The molecule has 3 aromatic rings. The highest BCUT2D eigenvalue weighted by atomic mass is 32.1. The van der Waals surface area contributed by atoms with Crippen LogP contribution in [-0.2, 0) is 12.7 Å². The highest BCUT2D eigenvalue weighted by molar-refractivity contribution is 7.15. The van der Waals surface area contributed by atoms with Crippen LogP contribution in [0.4, 0.5) is 13.2 Å². The van der Waals surface area contributed by atoms with Crippen molar-refractivity contribution in [2.24, 2.45) is 5.73 Å². The normalized spacial score (nSPS) is 12.0. The summed E-state index contributed by atoms with van der Waals surface area (Å²) in [5.41, 5.74) is 6.31. The van der Waals surface area contributed by atoms with E-state index in [4.69, 9.17) is 5.73 Å². The average Bonchev–Trinajstić information content (AvgIpc) is 2.91. The molecule has 0 spiro atoms. The number of alkyl halides is 3. The minimum atomic E-state index is -4.50. The van der Waals surface area contributed by atoms with E-state index in [0.717, 1.165) is 11.3 Å². The number of nitrogens with zero attached hydrogens (tertiary/aromatic N) is 3. The number of nitrogens with two attached hydrogens (primary N) is 1. The molecule has 0 saturated carbocycles. The fourth-order valence-electron chi connectivity index (χ4n) is 1.93. The van der Waals surface area contributed by atoms with Crippen molar-refractivity contribution < 1.29 is 13.2 Å². The summed E-state index contributed by atoms with van der Waals surface area (Å²) in [7, 11) is 0. The molecule has 0 amide bonds. The average molecular weight is 310 g/mol. The highest BCUT2D eigenvalue weighted by Gasteiger charge is 2.37. The van der Waals surface area contributed by atoms with Gasteiger partial charge in [-0.3, -0.25) is 9.97 Å². The van der Waals surface area contributed by atoms with Gasteiger partial charge in [-0.15, -0.1) is 11.3 Å². The zero-order valence-electron chi connectivity index (χ0n) is 10.6. The molecular weight excluding hydrogens is 301 g/mol. The number of hydrogen-bond acceptors (Lipinski definition) is 5. The standard InChI is InChI=1S/C13H9F3N4S/c14-13(15,16)11-10(6-17)21-12(20-11)7-1-2-8-9(5-7)19-4-3-18-8/h1-5H,6,17H2. The minimum Gasteiger partial charge on any atom is -0.326 e. The van der Waals surface area contributed by atoms with Crippen LogP contribution >= 0.6 is 11.3 Å². The molecule has 2 aromatic heterocycles. The lowest BCUT2D eigenvalue weighted by Gasteiger charge is -2.03. The summed E-state index contributed by atoms with van der Waals surface area (Å²) in [5, 5.41) is 0.273. The van der Waals surface area contributed by atoms with Crippen molar-refractivity contribution in [2.75, 3.05) is 0 Å². The summed E-state index contributed by atoms with van der Waals surface area (Å²) >= 11 is 0.944. The van der Waals surface area contributed by atoms with Crippen molar-refractivity contribution in [3.05, 3.63) is 41.2 Å². The van der Waals surface area contributed by atoms with E-state index >= 15 is 0 Å². The van der Waals surface area contributed by atoms with Gasteiger partial charge in [-0.2, -0.15) is 13.2 Å². The van der Waals surface area contributed by atoms with Gasteiger partial charge in [0, 0.05) is 24.5 Å². The van der Waals surface area contributed by atoms with E-state index in [1.165, 1.54) is 6.20 Å². The first-order valence-corrected chi connectivity index (χ1v) is 6.79. The molecule has 1 aromatic carbocycles. The molecule has 3 rings (SSSR count). The fourth-order valence-corrected chi connectivity index (χ4v) is 2.89. The number of rotatable bonds is 2. The maximum absolute atomic E-state index is 12.9. The second-order valence-electron chi connectivity index (χ2n) is 4.25. The molecule has 0 atom stereocenters. The number of aromatic nitrogens is 3. The third-order valence-electron chi connectivity index (χ3n) is 2.87. The van der Waals surface area contributed by atoms with Crippen LogP contribution in [0.3, 0.4) is 0 Å². The second kappa shape index (κ2) is 5.05. The van der Waals surface area contributed by atoms with Gasteiger partial charge in [0.1, 0.15) is 5.01 Å². The number of hydrogen-bond donors (Lipinski definition) is 1. The van der Waals surface area contributed by atoms with Crippen molar-refractivity contribution in [1.29, 1.82) is 0 Å². The molecule has 0 aliphatic rings. The summed E-state index contributed by atoms with van der Waals surface area (Å²) in [4.78, 5) is 12.0. The fraction of sp³-hybridized carbons (Fsp3) is 0.154. The first-order valence-electron chi connectivity index (χ1n) is 5.97. The molecule has 2 heterocycles. The topological polar surface area (TPSA) is 64.7 Å². The maximum atomic E-state index is 12.9. The van der Waals surface area contributed by atoms with Gasteiger partial charge in [0.2, 0.25) is 0 Å². The third-order valence-corrected chi connectivity index (χ3v) is 3.99. The van der Waals surface area contributed by atoms with Gasteiger partial charge in [0.05, 0.1) is 15.9 Å². The lowest BCUT2D eigenvalue weighted by molar-refractivity contribution is -0.141. The Morgan fingerprint density at radius 1 is 1.10 bits per heavy atom. The first kappa shape index (κ1) is 13.9. The van der Waals surface area contributed by atoms with Crippen LogP contribution in [0.15, 0.2) is 30.6 Å². The van der Waals surface area contributed by atoms with E-state index in [1.807, 2.05) is 0 Å². The van der Waals surface area contributed by atoms with Gasteiger partial charge < -0.3 is 5.73 Å². The number of benzene rings is 1. The predicted octanol–water partition coefficient (Wildman–Crippen LogP) is 3.23. The Morgan fingerprint density at radius 2 is 1.81 bits per heavy atom. The Balaban J connectivity index is 2.12. The zero-order chi connectivity index (χ0) is 15.0. The van der Waals surface area contributed by atoms with Crippen LogP contribution in [0.1, 0.15) is 10.6 Å². The summed E-state index contributed by atoms with van der Waals surface area (Å²) in [6.45, 7) is -0.195. The largest absolute Gasteiger partial charge is 0.434 e. The Kier molecular flexibility index (Phi) is 3.34. The molecule has 0 aliphatic carbocycles. The van der Waals surface area contributed by atoms with Crippen LogP contribution in [0.5, 0.6) is 0 Å². The number of fused-ring (bicyclic) bond motifs is 1. The molecule has 21 heavy (non-hydrogen) atoms. The zero-order valence-corrected chi connectivity index (χ0v) is 11.4. The Morgan fingerprint density at radius 3 is 2.43 bits per heavy atom. The second-order valence-corrected chi connectivity index (χ2v) is 5.34. The quantitative estimate of drug-likeness (QED) is 0.789. The Labute approximate surface area is 121 Å². The van der Waals surface area contributed by atoms with Gasteiger partial charge >= 0.3 is 6.18 Å². The predicted molar refractivity (Wildman–Crippen MR) is 73.5 cm³/mol. The van der Waals surface area contributed by atoms with E-state index in [2.05, 4.69) is 15.0 Å². The third kappa shape index (κ3) is 2.59. The molecule has 108 valence electrons. The van der Waals surface area contributed by atoms with E-state index < -0.39 is 11.9 Å². The lowest BCUT2D eigenvalue weighted by atomic mass is 10.2. The SMILES string of the molecule is NCc1sc(-c2ccc3nccnc3c2)nc1C(F)(F)F. The molecule has 0 aliphatic heterocycles. The van der Waals surface area contributed by atoms with Crippen LogP contribution in [0.25, 0.3) is 21.6 Å². The smallest absolute Gasteiger partial charge is 0.326 e. The Hall–Kier alpha value is -2.06. The van der Waals surface area contributed by atoms with Crippen molar-refractivity contribution in [1.82, 2.24) is 15.0 Å². The molecular formula is C13H9F3N4S. The first-order chi connectivity index (χ1) is 9.99. The highest BCUT2D eigenvalue weighted by Crippen LogP contribution is 2.37. The van der Waals surface area contributed by atoms with Crippen LogP contribution in [0, 0.1) is 0 Å². The summed E-state index contributed by atoms with van der Waals surface area (Å²) in [6.07, 6.45) is -1.42. The Bertz CT molecular complexity index is 797. The lowest BCUT2D eigenvalue weighted by Crippen LogP contribution is -2.10. The van der Waals surface area contributed by atoms with Crippen LogP contribution in [0.2, 0.25) is 0 Å². The summed E-state index contributed by atoms with van der Waals surface area (Å²) in [6, 6.07) is 5.05. The van der Waals surface area contributed by atoms with E-state index in [0.29, 0.717) is 16.6 Å². The van der Waals surface area contributed by atoms with Crippen LogP contribution < -0.4 is 5.73 Å². The van der Waals surface area contributed by atoms with Gasteiger partial charge in [-0.25, -0.2) is 4.98 Å². The molecule has 0 fully saturated rings. The van der Waals surface area contributed by atoms with E-state index in [9.17, 15) is 13.2 Å². The van der Waals surface area contributed by atoms with Crippen molar-refractivity contribution >= 4 is 22.4 Å². The summed E-state index contributed by atoms with van der Waals surface area (Å²) in [5.74, 6) is 0. The van der Waals surface area contributed by atoms with Crippen molar-refractivity contribution in [3.8, 4) is 10.6 Å². The summed E-state index contributed by atoms with van der Waals surface area (Å²) < 4.78 is 38.7. The maximum Gasteiger partial charge on any atom is 0.434 e. The number of thiazole rings is 1. The molecule has 2 N–H and O–H groups in total. The van der Waals surface area contributed by atoms with E-state index in [1.54, 1.807) is 24.4 Å². The molecule has 0 bridgehead atoms.